The van der Waals surface area contributed by atoms with Crippen LogP contribution in [0.1, 0.15) is 101 Å². The largest absolute Gasteiger partial charge is 0.216 e. The van der Waals surface area contributed by atoms with Crippen molar-refractivity contribution in [3.63, 3.8) is 0 Å². The van der Waals surface area contributed by atoms with Crippen LogP contribution in [0.5, 0.6) is 0 Å². The molecule has 3 heteroatoms. The van der Waals surface area contributed by atoms with Crippen molar-refractivity contribution in [3.8, 4) is 6.07 Å². The van der Waals surface area contributed by atoms with E-state index in [-0.39, 0.29) is 11.4 Å². The quantitative estimate of drug-likeness (QED) is 0.404. The van der Waals surface area contributed by atoms with Gasteiger partial charge in [-0.1, -0.05) is 57.1 Å². The van der Waals surface area contributed by atoms with Gasteiger partial charge < -0.3 is 0 Å². The maximum absolute atomic E-state index is 13.9. The molecule has 0 heterocycles. The van der Waals surface area contributed by atoms with E-state index in [9.17, 15) is 8.78 Å². The van der Waals surface area contributed by atoms with Gasteiger partial charge in [-0.2, -0.15) is 5.26 Å². The number of benzene rings is 1. The summed E-state index contributed by atoms with van der Waals surface area (Å²) in [4.78, 5) is 0. The van der Waals surface area contributed by atoms with E-state index in [4.69, 9.17) is 5.26 Å². The van der Waals surface area contributed by atoms with E-state index in [1.165, 1.54) is 57.8 Å². The highest BCUT2D eigenvalue weighted by atomic mass is 19.1. The summed E-state index contributed by atoms with van der Waals surface area (Å²) >= 11 is 0. The van der Waals surface area contributed by atoms with E-state index in [1.54, 1.807) is 18.2 Å². The molecular formula is C26H35F2N. The molecule has 0 atom stereocenters. The van der Waals surface area contributed by atoms with Crippen LogP contribution in [0.3, 0.4) is 0 Å². The van der Waals surface area contributed by atoms with Gasteiger partial charge in [0.25, 0.3) is 0 Å². The summed E-state index contributed by atoms with van der Waals surface area (Å²) in [5.74, 6) is 2.68. The topological polar surface area (TPSA) is 23.8 Å². The number of hydrogen-bond donors (Lipinski definition) is 0. The summed E-state index contributed by atoms with van der Waals surface area (Å²) in [6, 6.07) is 7.06. The lowest BCUT2D eigenvalue weighted by atomic mass is 9.74. The Morgan fingerprint density at radius 2 is 1.48 bits per heavy atom. The van der Waals surface area contributed by atoms with Gasteiger partial charge in [-0.15, -0.1) is 0 Å². The van der Waals surface area contributed by atoms with Crippen molar-refractivity contribution < 1.29 is 8.78 Å². The summed E-state index contributed by atoms with van der Waals surface area (Å²) in [5, 5.41) is 8.89. The molecule has 1 nitrogen and oxygen atoms in total. The standard InChI is InChI=1S/C26H35F2N/c27-17-3-1-2-4-20-5-7-21(8-6-20)9-10-22-11-13-23(14-12-22)24-15-16-25(19-29)26(28)18-24/h3,15-18,20-23H,1-2,4-14H2/b17-3+/t20-,21-,22-,23-. The summed E-state index contributed by atoms with van der Waals surface area (Å²) in [6.45, 7) is 0. The van der Waals surface area contributed by atoms with E-state index >= 15 is 0 Å². The molecule has 1 aromatic carbocycles. The van der Waals surface area contributed by atoms with Crippen molar-refractivity contribution in [3.05, 3.63) is 47.5 Å². The monoisotopic (exact) mass is 399 g/mol. The van der Waals surface area contributed by atoms with Gasteiger partial charge >= 0.3 is 0 Å². The fourth-order valence-electron chi connectivity index (χ4n) is 5.53. The molecule has 29 heavy (non-hydrogen) atoms. The van der Waals surface area contributed by atoms with Crippen molar-refractivity contribution in [1.29, 1.82) is 5.26 Å². The van der Waals surface area contributed by atoms with E-state index in [1.807, 2.05) is 12.1 Å². The molecule has 0 amide bonds. The van der Waals surface area contributed by atoms with Gasteiger partial charge in [0.1, 0.15) is 11.9 Å². The van der Waals surface area contributed by atoms with Crippen molar-refractivity contribution >= 4 is 0 Å². The number of allylic oxidation sites excluding steroid dienone is 1. The molecule has 0 unspecified atom stereocenters. The zero-order valence-corrected chi connectivity index (χ0v) is 17.6. The molecule has 2 saturated carbocycles. The Morgan fingerprint density at radius 3 is 2.03 bits per heavy atom. The normalized spacial score (nSPS) is 27.8. The molecule has 0 aromatic heterocycles. The van der Waals surface area contributed by atoms with Crippen molar-refractivity contribution in [2.75, 3.05) is 0 Å². The number of hydrogen-bond acceptors (Lipinski definition) is 1. The van der Waals surface area contributed by atoms with Crippen LogP contribution >= 0.6 is 0 Å². The molecule has 2 fully saturated rings. The second-order valence-electron chi connectivity index (χ2n) is 9.33. The fraction of sp³-hybridized carbons (Fsp3) is 0.654. The third-order valence-corrected chi connectivity index (χ3v) is 7.45. The van der Waals surface area contributed by atoms with E-state index in [0.29, 0.717) is 12.2 Å². The van der Waals surface area contributed by atoms with Crippen molar-refractivity contribution in [1.82, 2.24) is 0 Å². The number of halogens is 2. The molecule has 158 valence electrons. The zero-order chi connectivity index (χ0) is 20.5. The van der Waals surface area contributed by atoms with Crippen LogP contribution in [-0.2, 0) is 0 Å². The number of unbranched alkanes of at least 4 members (excludes halogenated alkanes) is 1. The molecule has 0 aliphatic heterocycles. The molecule has 0 saturated heterocycles. The first-order valence-corrected chi connectivity index (χ1v) is 11.6. The minimum atomic E-state index is -0.374. The fourth-order valence-corrected chi connectivity index (χ4v) is 5.53. The third-order valence-electron chi connectivity index (χ3n) is 7.45. The lowest BCUT2D eigenvalue weighted by Gasteiger charge is -2.32. The molecule has 0 bridgehead atoms. The predicted octanol–water partition coefficient (Wildman–Crippen LogP) is 8.21. The van der Waals surface area contributed by atoms with Crippen molar-refractivity contribution in [2.24, 2.45) is 17.8 Å². The molecule has 0 radical (unpaired) electrons. The second kappa shape index (κ2) is 11.5. The Hall–Kier alpha value is -1.69. The van der Waals surface area contributed by atoms with E-state index in [0.717, 1.165) is 49.0 Å². The summed E-state index contributed by atoms with van der Waals surface area (Å²) in [7, 11) is 0. The van der Waals surface area contributed by atoms with Gasteiger partial charge in [0.05, 0.1) is 11.9 Å². The van der Waals surface area contributed by atoms with E-state index < -0.39 is 0 Å². The molecule has 0 N–H and O–H groups in total. The molecule has 2 aliphatic carbocycles. The molecule has 3 rings (SSSR count). The first-order chi connectivity index (χ1) is 14.2. The zero-order valence-electron chi connectivity index (χ0n) is 17.6. The van der Waals surface area contributed by atoms with E-state index in [2.05, 4.69) is 0 Å². The maximum atomic E-state index is 13.9. The van der Waals surface area contributed by atoms with Gasteiger partial charge in [0, 0.05) is 0 Å². The first kappa shape index (κ1) is 22.0. The van der Waals surface area contributed by atoms with Crippen LogP contribution in [0, 0.1) is 34.9 Å². The lowest BCUT2D eigenvalue weighted by molar-refractivity contribution is 0.223. The summed E-state index contributed by atoms with van der Waals surface area (Å²) in [6.07, 6.45) is 18.6. The molecule has 0 spiro atoms. The Kier molecular flexibility index (Phi) is 8.71. The van der Waals surface area contributed by atoms with Gasteiger partial charge in [-0.25, -0.2) is 8.78 Å². The Labute approximate surface area is 175 Å². The highest BCUT2D eigenvalue weighted by molar-refractivity contribution is 5.34. The lowest BCUT2D eigenvalue weighted by Crippen LogP contribution is -2.18. The van der Waals surface area contributed by atoms with Gasteiger partial charge in [-0.05, 0) is 79.9 Å². The van der Waals surface area contributed by atoms with Crippen LogP contribution in [0.25, 0.3) is 0 Å². The SMILES string of the molecule is N#Cc1ccc([C@H]2CC[C@H](CC[C@H]3CC[C@H](CCC/C=C/F)CC3)CC2)cc1F. The second-order valence-corrected chi connectivity index (χ2v) is 9.33. The minimum absolute atomic E-state index is 0.147. The van der Waals surface area contributed by atoms with Crippen LogP contribution in [0.4, 0.5) is 8.78 Å². The van der Waals surface area contributed by atoms with Crippen LogP contribution < -0.4 is 0 Å². The number of nitriles is 1. The average Bonchev–Trinajstić information content (AvgIpc) is 2.76. The van der Waals surface area contributed by atoms with Crippen LogP contribution in [0.2, 0.25) is 0 Å². The van der Waals surface area contributed by atoms with Crippen molar-refractivity contribution in [2.45, 2.75) is 89.4 Å². The highest BCUT2D eigenvalue weighted by Gasteiger charge is 2.25. The number of rotatable bonds is 8. The smallest absolute Gasteiger partial charge is 0.141 e. The van der Waals surface area contributed by atoms with Crippen LogP contribution in [0.15, 0.2) is 30.6 Å². The number of nitrogens with zero attached hydrogens (tertiary/aromatic N) is 1. The van der Waals surface area contributed by atoms with Gasteiger partial charge in [-0.3, -0.25) is 0 Å². The molecule has 1 aromatic rings. The maximum Gasteiger partial charge on any atom is 0.141 e. The molecular weight excluding hydrogens is 364 g/mol. The van der Waals surface area contributed by atoms with Gasteiger partial charge in [0.2, 0.25) is 0 Å². The van der Waals surface area contributed by atoms with Gasteiger partial charge in [0.15, 0.2) is 0 Å². The summed E-state index contributed by atoms with van der Waals surface area (Å²) < 4.78 is 25.9. The predicted molar refractivity (Wildman–Crippen MR) is 115 cm³/mol. The molecule has 2 aliphatic rings. The minimum Gasteiger partial charge on any atom is -0.216 e. The Morgan fingerprint density at radius 1 is 0.897 bits per heavy atom. The summed E-state index contributed by atoms with van der Waals surface area (Å²) in [5.41, 5.74) is 1.22. The first-order valence-electron chi connectivity index (χ1n) is 11.6. The van der Waals surface area contributed by atoms with Crippen LogP contribution in [-0.4, -0.2) is 0 Å². The highest BCUT2D eigenvalue weighted by Crippen LogP contribution is 2.40. The Bertz CT molecular complexity index is 689. The third kappa shape index (κ3) is 6.66. The average molecular weight is 400 g/mol. The Balaban J connectivity index is 1.33.